The fraction of sp³-hybridized carbons (Fsp3) is 0.538. The summed E-state index contributed by atoms with van der Waals surface area (Å²) in [4.78, 5) is 0. The molecule has 0 aliphatic heterocycles. The number of benzene rings is 1. The molecule has 1 fully saturated rings. The van der Waals surface area contributed by atoms with Gasteiger partial charge in [-0.1, -0.05) is 30.3 Å². The molecule has 0 aromatic heterocycles. The van der Waals surface area contributed by atoms with Crippen molar-refractivity contribution in [2.75, 3.05) is 6.61 Å². The maximum Gasteiger partial charge on any atom is 0.0541 e. The van der Waals surface area contributed by atoms with Crippen molar-refractivity contribution in [3.05, 3.63) is 35.9 Å². The van der Waals surface area contributed by atoms with Crippen molar-refractivity contribution in [3.8, 4) is 0 Å². The zero-order valence-corrected chi connectivity index (χ0v) is 8.89. The first-order valence-electron chi connectivity index (χ1n) is 5.61. The summed E-state index contributed by atoms with van der Waals surface area (Å²) in [7, 11) is 0. The number of aliphatic hydroxyl groups excluding tert-OH is 2. The van der Waals surface area contributed by atoms with E-state index < -0.39 is 0 Å². The van der Waals surface area contributed by atoms with Crippen molar-refractivity contribution in [1.29, 1.82) is 0 Å². The van der Waals surface area contributed by atoms with Gasteiger partial charge in [0.15, 0.2) is 0 Å². The van der Waals surface area contributed by atoms with Crippen molar-refractivity contribution in [1.82, 2.24) is 0 Å². The van der Waals surface area contributed by atoms with Gasteiger partial charge in [-0.05, 0) is 31.2 Å². The van der Waals surface area contributed by atoms with E-state index in [9.17, 15) is 10.2 Å². The monoisotopic (exact) mass is 206 g/mol. The molecule has 2 rings (SSSR count). The highest BCUT2D eigenvalue weighted by molar-refractivity contribution is 5.26. The molecule has 0 unspecified atom stereocenters. The summed E-state index contributed by atoms with van der Waals surface area (Å²) < 4.78 is 0. The van der Waals surface area contributed by atoms with Crippen LogP contribution in [0.1, 0.15) is 31.2 Å². The zero-order chi connectivity index (χ0) is 10.7. The largest absolute Gasteiger partial charge is 0.395 e. The van der Waals surface area contributed by atoms with E-state index in [1.807, 2.05) is 18.2 Å². The molecular formula is C13H18O2. The highest BCUT2D eigenvalue weighted by Crippen LogP contribution is 2.38. The van der Waals surface area contributed by atoms with Gasteiger partial charge in [-0.25, -0.2) is 0 Å². The summed E-state index contributed by atoms with van der Waals surface area (Å²) in [6.07, 6.45) is 3.20. The second kappa shape index (κ2) is 4.33. The SMILES string of the molecule is OCC1(c2ccccc2)CCC(O)CC1. The molecule has 2 heteroatoms. The average Bonchev–Trinajstić information content (AvgIpc) is 2.32. The Kier molecular flexibility index (Phi) is 3.08. The maximum atomic E-state index is 9.60. The Labute approximate surface area is 90.6 Å². The Hall–Kier alpha value is -0.860. The van der Waals surface area contributed by atoms with Gasteiger partial charge in [0.05, 0.1) is 12.7 Å². The van der Waals surface area contributed by atoms with Crippen LogP contribution in [-0.2, 0) is 5.41 Å². The topological polar surface area (TPSA) is 40.5 Å². The van der Waals surface area contributed by atoms with E-state index in [2.05, 4.69) is 12.1 Å². The Morgan fingerprint density at radius 1 is 1.13 bits per heavy atom. The van der Waals surface area contributed by atoms with E-state index in [0.717, 1.165) is 25.7 Å². The Bertz CT molecular complexity index is 300. The van der Waals surface area contributed by atoms with Gasteiger partial charge >= 0.3 is 0 Å². The van der Waals surface area contributed by atoms with Crippen molar-refractivity contribution < 1.29 is 10.2 Å². The van der Waals surface area contributed by atoms with Gasteiger partial charge in [0.2, 0.25) is 0 Å². The highest BCUT2D eigenvalue weighted by atomic mass is 16.3. The smallest absolute Gasteiger partial charge is 0.0541 e. The van der Waals surface area contributed by atoms with Gasteiger partial charge < -0.3 is 10.2 Å². The molecule has 0 spiro atoms. The van der Waals surface area contributed by atoms with Crippen LogP contribution in [0.25, 0.3) is 0 Å². The molecule has 0 amide bonds. The highest BCUT2D eigenvalue weighted by Gasteiger charge is 2.35. The first-order valence-corrected chi connectivity index (χ1v) is 5.61. The molecular weight excluding hydrogens is 188 g/mol. The number of hydrogen-bond acceptors (Lipinski definition) is 2. The van der Waals surface area contributed by atoms with E-state index >= 15 is 0 Å². The summed E-state index contributed by atoms with van der Waals surface area (Å²) in [5, 5.41) is 19.1. The van der Waals surface area contributed by atoms with Gasteiger partial charge in [0, 0.05) is 5.41 Å². The van der Waals surface area contributed by atoms with E-state index in [-0.39, 0.29) is 18.1 Å². The van der Waals surface area contributed by atoms with Gasteiger partial charge in [-0.15, -0.1) is 0 Å². The van der Waals surface area contributed by atoms with Crippen molar-refractivity contribution in [3.63, 3.8) is 0 Å². The molecule has 0 bridgehead atoms. The van der Waals surface area contributed by atoms with Crippen LogP contribution in [0.3, 0.4) is 0 Å². The van der Waals surface area contributed by atoms with Crippen LogP contribution in [0.5, 0.6) is 0 Å². The minimum atomic E-state index is -0.173. The molecule has 2 nitrogen and oxygen atoms in total. The molecule has 1 aliphatic carbocycles. The summed E-state index contributed by atoms with van der Waals surface area (Å²) in [6, 6.07) is 10.2. The lowest BCUT2D eigenvalue weighted by Crippen LogP contribution is -2.36. The maximum absolute atomic E-state index is 9.60. The van der Waals surface area contributed by atoms with Crippen molar-refractivity contribution in [2.24, 2.45) is 0 Å². The molecule has 0 radical (unpaired) electrons. The van der Waals surface area contributed by atoms with Crippen LogP contribution in [0.2, 0.25) is 0 Å². The van der Waals surface area contributed by atoms with Gasteiger partial charge in [0.1, 0.15) is 0 Å². The summed E-state index contributed by atoms with van der Waals surface area (Å²) in [5.41, 5.74) is 1.10. The lowest BCUT2D eigenvalue weighted by molar-refractivity contribution is 0.0674. The van der Waals surface area contributed by atoms with Crippen LogP contribution < -0.4 is 0 Å². The van der Waals surface area contributed by atoms with Crippen molar-refractivity contribution in [2.45, 2.75) is 37.2 Å². The number of hydrogen-bond donors (Lipinski definition) is 2. The molecule has 0 saturated heterocycles. The normalized spacial score (nSPS) is 31.5. The van der Waals surface area contributed by atoms with Crippen LogP contribution in [-0.4, -0.2) is 22.9 Å². The predicted molar refractivity (Wildman–Crippen MR) is 59.7 cm³/mol. The van der Waals surface area contributed by atoms with E-state index in [1.54, 1.807) is 0 Å². The molecule has 0 heterocycles. The van der Waals surface area contributed by atoms with E-state index in [1.165, 1.54) is 5.56 Å². The third-order valence-electron chi connectivity index (χ3n) is 3.60. The van der Waals surface area contributed by atoms with E-state index in [4.69, 9.17) is 0 Å². The first kappa shape index (κ1) is 10.7. The summed E-state index contributed by atoms with van der Waals surface area (Å²) in [6.45, 7) is 0.184. The molecule has 1 aliphatic rings. The molecule has 1 aromatic rings. The lowest BCUT2D eigenvalue weighted by atomic mass is 9.69. The predicted octanol–water partition coefficient (Wildman–Crippen LogP) is 1.85. The molecule has 82 valence electrons. The third-order valence-corrected chi connectivity index (χ3v) is 3.60. The first-order chi connectivity index (χ1) is 7.27. The molecule has 1 aromatic carbocycles. The Balaban J connectivity index is 2.23. The summed E-state index contributed by atoms with van der Waals surface area (Å²) in [5.74, 6) is 0. The van der Waals surface area contributed by atoms with Crippen molar-refractivity contribution >= 4 is 0 Å². The fourth-order valence-electron chi connectivity index (χ4n) is 2.48. The lowest BCUT2D eigenvalue weighted by Gasteiger charge is -2.38. The zero-order valence-electron chi connectivity index (χ0n) is 8.89. The quantitative estimate of drug-likeness (QED) is 0.775. The molecule has 1 saturated carbocycles. The van der Waals surface area contributed by atoms with Gasteiger partial charge in [0.25, 0.3) is 0 Å². The second-order valence-corrected chi connectivity index (χ2v) is 4.54. The fourth-order valence-corrected chi connectivity index (χ4v) is 2.48. The summed E-state index contributed by atoms with van der Waals surface area (Å²) >= 11 is 0. The van der Waals surface area contributed by atoms with Gasteiger partial charge in [-0.3, -0.25) is 0 Å². The average molecular weight is 206 g/mol. The minimum absolute atomic E-state index is 0.111. The van der Waals surface area contributed by atoms with Crippen LogP contribution in [0.4, 0.5) is 0 Å². The van der Waals surface area contributed by atoms with Crippen LogP contribution in [0.15, 0.2) is 30.3 Å². The molecule has 0 atom stereocenters. The van der Waals surface area contributed by atoms with Gasteiger partial charge in [-0.2, -0.15) is 0 Å². The standard InChI is InChI=1S/C13H18O2/c14-10-13(8-6-12(15)7-9-13)11-4-2-1-3-5-11/h1-5,12,14-15H,6-10H2. The Morgan fingerprint density at radius 2 is 1.73 bits per heavy atom. The van der Waals surface area contributed by atoms with E-state index in [0.29, 0.717) is 0 Å². The van der Waals surface area contributed by atoms with Crippen LogP contribution >= 0.6 is 0 Å². The van der Waals surface area contributed by atoms with Crippen LogP contribution in [0, 0.1) is 0 Å². The second-order valence-electron chi connectivity index (χ2n) is 4.54. The molecule has 15 heavy (non-hydrogen) atoms. The molecule has 2 N–H and O–H groups in total. The number of aliphatic hydroxyl groups is 2. The Morgan fingerprint density at radius 3 is 2.27 bits per heavy atom. The minimum Gasteiger partial charge on any atom is -0.395 e. The number of rotatable bonds is 2. The third kappa shape index (κ3) is 2.06.